The lowest BCUT2D eigenvalue weighted by molar-refractivity contribution is -0.180. The largest absolute Gasteiger partial charge is 0.347 e. The van der Waals surface area contributed by atoms with E-state index >= 15 is 0 Å². The molecular weight excluding hydrogens is 617 g/mol. The molecule has 0 saturated carbocycles. The molecule has 8 heteroatoms. The average molecular weight is 685 g/mol. The third-order valence-corrected chi connectivity index (χ3v) is 13.2. The topological polar surface area (TPSA) is 27.7 Å². The van der Waals surface area contributed by atoms with Crippen LogP contribution in [-0.4, -0.2) is 64.5 Å². The van der Waals surface area contributed by atoms with Gasteiger partial charge in [0.25, 0.3) is 0 Å². The summed E-state index contributed by atoms with van der Waals surface area (Å²) in [4.78, 5) is 0. The molecule has 0 aromatic rings. The molecule has 42 heavy (non-hydrogen) atoms. The van der Waals surface area contributed by atoms with Crippen molar-refractivity contribution >= 4 is 59.1 Å². The highest BCUT2D eigenvalue weighted by atomic mass is 32.2. The van der Waals surface area contributed by atoms with E-state index in [2.05, 4.69) is 60.9 Å². The molecule has 0 bridgehead atoms. The van der Waals surface area contributed by atoms with Crippen LogP contribution in [-0.2, 0) is 13.7 Å². The SMILES string of the molecule is CCCCCSCSCCCCCCCCC1(CCCCCCCCSCSCCCCC)OCC(CCOSC)O1. The molecule has 0 aliphatic carbocycles. The van der Waals surface area contributed by atoms with E-state index in [0.717, 1.165) is 32.5 Å². The lowest BCUT2D eigenvalue weighted by Gasteiger charge is -2.28. The van der Waals surface area contributed by atoms with Crippen molar-refractivity contribution in [1.82, 2.24) is 0 Å². The lowest BCUT2D eigenvalue weighted by Crippen LogP contribution is -2.31. The maximum Gasteiger partial charge on any atom is 0.168 e. The van der Waals surface area contributed by atoms with Gasteiger partial charge in [-0.2, -0.15) is 47.0 Å². The Balaban J connectivity index is 2.11. The Bertz CT molecular complexity index is 511. The molecule has 1 rings (SSSR count). The van der Waals surface area contributed by atoms with Gasteiger partial charge in [-0.05, 0) is 73.6 Å². The van der Waals surface area contributed by atoms with Crippen LogP contribution in [0.2, 0.25) is 0 Å². The van der Waals surface area contributed by atoms with Crippen LogP contribution in [0.1, 0.15) is 149 Å². The minimum absolute atomic E-state index is 0.196. The number of hydrogen-bond acceptors (Lipinski definition) is 8. The van der Waals surface area contributed by atoms with Gasteiger partial charge < -0.3 is 13.7 Å². The average Bonchev–Trinajstić information content (AvgIpc) is 3.40. The summed E-state index contributed by atoms with van der Waals surface area (Å²) in [5.41, 5.74) is 0. The van der Waals surface area contributed by atoms with E-state index < -0.39 is 0 Å². The zero-order valence-corrected chi connectivity index (χ0v) is 31.9. The molecule has 1 aliphatic rings. The highest BCUT2D eigenvalue weighted by molar-refractivity contribution is 8.16. The van der Waals surface area contributed by atoms with Crippen molar-refractivity contribution in [3.8, 4) is 0 Å². The molecule has 0 spiro atoms. The summed E-state index contributed by atoms with van der Waals surface area (Å²) in [7, 11) is 0. The molecule has 3 nitrogen and oxygen atoms in total. The van der Waals surface area contributed by atoms with E-state index in [9.17, 15) is 0 Å². The fourth-order valence-electron chi connectivity index (χ4n) is 5.28. The van der Waals surface area contributed by atoms with Crippen molar-refractivity contribution in [3.63, 3.8) is 0 Å². The van der Waals surface area contributed by atoms with Gasteiger partial charge in [0.1, 0.15) is 0 Å². The molecule has 0 N–H and O–H groups in total. The van der Waals surface area contributed by atoms with E-state index in [1.165, 1.54) is 161 Å². The van der Waals surface area contributed by atoms with Gasteiger partial charge in [-0.15, -0.1) is 0 Å². The van der Waals surface area contributed by atoms with Crippen molar-refractivity contribution in [2.24, 2.45) is 0 Å². The van der Waals surface area contributed by atoms with E-state index in [1.807, 2.05) is 6.26 Å². The van der Waals surface area contributed by atoms with Crippen molar-refractivity contribution in [2.75, 3.05) is 52.7 Å². The second kappa shape index (κ2) is 32.6. The van der Waals surface area contributed by atoms with Crippen LogP contribution in [0.5, 0.6) is 0 Å². The number of ether oxygens (including phenoxy) is 2. The van der Waals surface area contributed by atoms with Crippen molar-refractivity contribution in [2.45, 2.75) is 161 Å². The van der Waals surface area contributed by atoms with Crippen LogP contribution in [0, 0.1) is 0 Å². The van der Waals surface area contributed by atoms with Gasteiger partial charge in [-0.3, -0.25) is 0 Å². The molecule has 1 fully saturated rings. The van der Waals surface area contributed by atoms with Crippen LogP contribution < -0.4 is 0 Å². The zero-order valence-electron chi connectivity index (χ0n) is 27.8. The van der Waals surface area contributed by atoms with Gasteiger partial charge >= 0.3 is 0 Å². The summed E-state index contributed by atoms with van der Waals surface area (Å²) < 4.78 is 18.5. The molecule has 1 heterocycles. The zero-order chi connectivity index (χ0) is 30.2. The molecule has 252 valence electrons. The number of rotatable bonds is 34. The molecule has 0 aromatic carbocycles. The van der Waals surface area contributed by atoms with Gasteiger partial charge in [-0.1, -0.05) is 90.9 Å². The fourth-order valence-corrected chi connectivity index (χ4v) is 10.0. The van der Waals surface area contributed by atoms with Crippen LogP contribution in [0.15, 0.2) is 0 Å². The normalized spacial score (nSPS) is 16.5. The summed E-state index contributed by atoms with van der Waals surface area (Å²) in [5.74, 6) is 5.04. The van der Waals surface area contributed by atoms with Gasteiger partial charge in [0.15, 0.2) is 5.79 Å². The number of hydrogen-bond donors (Lipinski definition) is 0. The third kappa shape index (κ3) is 25.8. The first kappa shape index (κ1) is 41.7. The molecule has 0 aromatic heterocycles. The van der Waals surface area contributed by atoms with E-state index in [0.29, 0.717) is 0 Å². The van der Waals surface area contributed by atoms with E-state index in [1.54, 1.807) is 0 Å². The van der Waals surface area contributed by atoms with Gasteiger partial charge in [-0.25, -0.2) is 0 Å². The molecule has 1 unspecified atom stereocenters. The molecule has 1 atom stereocenters. The van der Waals surface area contributed by atoms with Gasteiger partial charge in [0, 0.05) is 35.7 Å². The first-order chi connectivity index (χ1) is 20.8. The first-order valence-electron chi connectivity index (χ1n) is 17.5. The van der Waals surface area contributed by atoms with E-state index in [4.69, 9.17) is 13.7 Å². The minimum Gasteiger partial charge on any atom is -0.347 e. The molecule has 1 aliphatic heterocycles. The highest BCUT2D eigenvalue weighted by Gasteiger charge is 2.40. The highest BCUT2D eigenvalue weighted by Crippen LogP contribution is 2.35. The van der Waals surface area contributed by atoms with Gasteiger partial charge in [0.2, 0.25) is 0 Å². The van der Waals surface area contributed by atoms with Crippen LogP contribution in [0.4, 0.5) is 0 Å². The minimum atomic E-state index is -0.332. The fraction of sp³-hybridized carbons (Fsp3) is 1.00. The molecule has 1 saturated heterocycles. The molecule has 0 radical (unpaired) electrons. The Labute approximate surface area is 284 Å². The van der Waals surface area contributed by atoms with Crippen LogP contribution >= 0.6 is 59.1 Å². The monoisotopic (exact) mass is 684 g/mol. The lowest BCUT2D eigenvalue weighted by atomic mass is 9.99. The van der Waals surface area contributed by atoms with Crippen molar-refractivity contribution in [1.29, 1.82) is 0 Å². The Morgan fingerprint density at radius 2 is 1.02 bits per heavy atom. The predicted molar refractivity (Wildman–Crippen MR) is 201 cm³/mol. The van der Waals surface area contributed by atoms with Crippen molar-refractivity contribution in [3.05, 3.63) is 0 Å². The third-order valence-electron chi connectivity index (χ3n) is 7.87. The summed E-state index contributed by atoms with van der Waals surface area (Å²) in [6.07, 6.45) is 29.6. The first-order valence-corrected chi connectivity index (χ1v) is 23.3. The Hall–Kier alpha value is 1.63. The predicted octanol–water partition coefficient (Wildman–Crippen LogP) is 12.5. The summed E-state index contributed by atoms with van der Waals surface area (Å²) in [5, 5.41) is 2.57. The van der Waals surface area contributed by atoms with Gasteiger partial charge in [0.05, 0.1) is 19.3 Å². The maximum absolute atomic E-state index is 6.60. The maximum atomic E-state index is 6.60. The number of thioether (sulfide) groups is 4. The second-order valence-corrected chi connectivity index (χ2v) is 17.5. The summed E-state index contributed by atoms with van der Waals surface area (Å²) in [6, 6.07) is 0. The molecule has 0 amide bonds. The number of unbranched alkanes of at least 4 members (excludes halogenated alkanes) is 14. The quantitative estimate of drug-likeness (QED) is 0.0376. The Morgan fingerprint density at radius 1 is 0.595 bits per heavy atom. The second-order valence-electron chi connectivity index (χ2n) is 11.8. The van der Waals surface area contributed by atoms with Crippen molar-refractivity contribution < 1.29 is 13.7 Å². The smallest absolute Gasteiger partial charge is 0.168 e. The summed E-state index contributed by atoms with van der Waals surface area (Å²) >= 11 is 9.99. The molecular formula is C34H68O3S5. The van der Waals surface area contributed by atoms with E-state index in [-0.39, 0.29) is 11.9 Å². The Kier molecular flexibility index (Phi) is 32.3. The standard InChI is InChI=1S/C34H68O3S5/c1-4-6-18-26-39-31-41-28-20-14-10-8-12-16-23-34(35-30-33(37-34)22-25-36-38-3)24-17-13-9-11-15-21-29-42-32-40-27-19-7-5-2/h33H,4-32H2,1-3H3. The van der Waals surface area contributed by atoms with Crippen LogP contribution in [0.3, 0.4) is 0 Å². The Morgan fingerprint density at radius 3 is 1.48 bits per heavy atom. The van der Waals surface area contributed by atoms with Crippen LogP contribution in [0.25, 0.3) is 0 Å². The summed E-state index contributed by atoms with van der Waals surface area (Å²) in [6.45, 7) is 6.06.